The summed E-state index contributed by atoms with van der Waals surface area (Å²) in [4.78, 5) is 15.4. The van der Waals surface area contributed by atoms with Crippen molar-refractivity contribution in [3.05, 3.63) is 20.8 Å². The van der Waals surface area contributed by atoms with Crippen LogP contribution < -0.4 is 5.73 Å². The lowest BCUT2D eigenvalue weighted by molar-refractivity contribution is -0.137. The van der Waals surface area contributed by atoms with Gasteiger partial charge < -0.3 is 10.6 Å². The maximum atomic E-state index is 12.4. The lowest BCUT2D eigenvalue weighted by atomic mass is 9.95. The summed E-state index contributed by atoms with van der Waals surface area (Å²) >= 11 is 5.09. The fourth-order valence-electron chi connectivity index (χ4n) is 1.94. The molecule has 5 heteroatoms. The van der Waals surface area contributed by atoms with Gasteiger partial charge in [0.05, 0.1) is 15.9 Å². The van der Waals surface area contributed by atoms with Gasteiger partial charge in [0.15, 0.2) is 0 Å². The lowest BCUT2D eigenvalue weighted by Crippen LogP contribution is -2.52. The number of hydrogen-bond acceptors (Lipinski definition) is 3. The van der Waals surface area contributed by atoms with Crippen LogP contribution in [0.4, 0.5) is 0 Å². The quantitative estimate of drug-likeness (QED) is 0.867. The number of rotatable bonds is 6. The van der Waals surface area contributed by atoms with E-state index in [9.17, 15) is 4.79 Å². The van der Waals surface area contributed by atoms with E-state index < -0.39 is 5.54 Å². The van der Waals surface area contributed by atoms with Gasteiger partial charge in [0.1, 0.15) is 0 Å². The van der Waals surface area contributed by atoms with E-state index in [0.717, 1.165) is 16.6 Å². The molecule has 0 aromatic carbocycles. The third-order valence-electron chi connectivity index (χ3n) is 2.90. The Bertz CT molecular complexity index is 403. The summed E-state index contributed by atoms with van der Waals surface area (Å²) in [5.74, 6) is 0.0383. The smallest absolute Gasteiger partial charge is 0.242 e. The predicted molar refractivity (Wildman–Crippen MR) is 80.6 cm³/mol. The van der Waals surface area contributed by atoms with Crippen molar-refractivity contribution in [3.63, 3.8) is 0 Å². The van der Waals surface area contributed by atoms with Crippen molar-refractivity contribution in [2.24, 2.45) is 5.73 Å². The number of carbonyl (C=O) groups excluding carboxylic acids is 1. The number of nitrogens with zero attached hydrogens (tertiary/aromatic N) is 1. The molecule has 1 amide bonds. The van der Waals surface area contributed by atoms with Crippen LogP contribution in [0, 0.1) is 0 Å². The number of thiophene rings is 1. The number of likely N-dealkylation sites (N-methyl/N-ethyl adjacent to an activating group) is 1. The standard InChI is InChI=1S/C13H21BrN2OS/c1-4-8-13(3,15)12(17)16(5-2)9-10-6-7-11(14)18-10/h6-7H,4-5,8-9,15H2,1-3H3. The van der Waals surface area contributed by atoms with E-state index in [1.165, 1.54) is 4.88 Å². The number of nitrogens with two attached hydrogens (primary N) is 1. The molecule has 18 heavy (non-hydrogen) atoms. The van der Waals surface area contributed by atoms with E-state index >= 15 is 0 Å². The molecule has 0 bridgehead atoms. The summed E-state index contributed by atoms with van der Waals surface area (Å²) in [6, 6.07) is 4.05. The van der Waals surface area contributed by atoms with Gasteiger partial charge in [0, 0.05) is 11.4 Å². The minimum absolute atomic E-state index is 0.0383. The molecule has 2 N–H and O–H groups in total. The Morgan fingerprint density at radius 2 is 2.17 bits per heavy atom. The highest BCUT2D eigenvalue weighted by atomic mass is 79.9. The van der Waals surface area contributed by atoms with Gasteiger partial charge in [-0.15, -0.1) is 11.3 Å². The highest BCUT2D eigenvalue weighted by Gasteiger charge is 2.31. The topological polar surface area (TPSA) is 46.3 Å². The fraction of sp³-hybridized carbons (Fsp3) is 0.615. The molecule has 1 unspecified atom stereocenters. The Morgan fingerprint density at radius 3 is 2.61 bits per heavy atom. The molecule has 0 aliphatic rings. The first-order chi connectivity index (χ1) is 8.40. The molecule has 0 saturated carbocycles. The largest absolute Gasteiger partial charge is 0.336 e. The minimum atomic E-state index is -0.751. The minimum Gasteiger partial charge on any atom is -0.336 e. The molecule has 1 atom stereocenters. The van der Waals surface area contributed by atoms with Crippen molar-refractivity contribution in [1.82, 2.24) is 4.90 Å². The Hall–Kier alpha value is -0.390. The monoisotopic (exact) mass is 332 g/mol. The predicted octanol–water partition coefficient (Wildman–Crippen LogP) is 3.38. The summed E-state index contributed by atoms with van der Waals surface area (Å²) in [7, 11) is 0. The molecule has 1 heterocycles. The highest BCUT2D eigenvalue weighted by Crippen LogP contribution is 2.24. The van der Waals surface area contributed by atoms with E-state index in [4.69, 9.17) is 5.73 Å². The molecule has 0 saturated heterocycles. The third-order valence-corrected chi connectivity index (χ3v) is 4.51. The molecule has 1 aromatic rings. The van der Waals surface area contributed by atoms with Gasteiger partial charge in [-0.1, -0.05) is 13.3 Å². The molecule has 3 nitrogen and oxygen atoms in total. The molecular formula is C13H21BrN2OS. The van der Waals surface area contributed by atoms with E-state index in [-0.39, 0.29) is 5.91 Å². The zero-order chi connectivity index (χ0) is 13.8. The maximum Gasteiger partial charge on any atom is 0.242 e. The summed E-state index contributed by atoms with van der Waals surface area (Å²) in [5, 5.41) is 0. The first-order valence-corrected chi connectivity index (χ1v) is 7.84. The van der Waals surface area contributed by atoms with E-state index in [2.05, 4.69) is 15.9 Å². The van der Waals surface area contributed by atoms with Crippen molar-refractivity contribution < 1.29 is 4.79 Å². The zero-order valence-electron chi connectivity index (χ0n) is 11.2. The van der Waals surface area contributed by atoms with Gasteiger partial charge in [0.25, 0.3) is 0 Å². The van der Waals surface area contributed by atoms with Crippen LogP contribution in [-0.2, 0) is 11.3 Å². The molecule has 0 aliphatic carbocycles. The second-order valence-corrected chi connectivity index (χ2v) is 7.24. The second kappa shape index (κ2) is 6.68. The fourth-order valence-corrected chi connectivity index (χ4v) is 3.44. The van der Waals surface area contributed by atoms with Crippen LogP contribution in [0.2, 0.25) is 0 Å². The second-order valence-electron chi connectivity index (χ2n) is 4.69. The summed E-state index contributed by atoms with van der Waals surface area (Å²) in [6.07, 6.45) is 1.64. The molecule has 0 fully saturated rings. The Labute approximate surface area is 121 Å². The van der Waals surface area contributed by atoms with E-state index in [1.54, 1.807) is 11.3 Å². The van der Waals surface area contributed by atoms with Crippen molar-refractivity contribution in [2.75, 3.05) is 6.54 Å². The first-order valence-electron chi connectivity index (χ1n) is 6.23. The van der Waals surface area contributed by atoms with Crippen molar-refractivity contribution >= 4 is 33.2 Å². The number of halogens is 1. The van der Waals surface area contributed by atoms with Crippen molar-refractivity contribution in [3.8, 4) is 0 Å². The molecule has 0 aliphatic heterocycles. The number of carbonyl (C=O) groups is 1. The van der Waals surface area contributed by atoms with Crippen LogP contribution in [0.1, 0.15) is 38.5 Å². The van der Waals surface area contributed by atoms with Crippen LogP contribution >= 0.6 is 27.3 Å². The Morgan fingerprint density at radius 1 is 1.50 bits per heavy atom. The Balaban J connectivity index is 2.74. The van der Waals surface area contributed by atoms with Crippen LogP contribution in [0.3, 0.4) is 0 Å². The van der Waals surface area contributed by atoms with Gasteiger partial charge in [-0.3, -0.25) is 4.79 Å². The molecule has 1 aromatic heterocycles. The summed E-state index contributed by atoms with van der Waals surface area (Å²) < 4.78 is 1.09. The molecule has 1 rings (SSSR count). The molecule has 0 radical (unpaired) electrons. The van der Waals surface area contributed by atoms with Crippen molar-refractivity contribution in [1.29, 1.82) is 0 Å². The third kappa shape index (κ3) is 4.07. The highest BCUT2D eigenvalue weighted by molar-refractivity contribution is 9.11. The molecular weight excluding hydrogens is 312 g/mol. The van der Waals surface area contributed by atoms with Gasteiger partial charge in [0.2, 0.25) is 5.91 Å². The molecule has 0 spiro atoms. The van der Waals surface area contributed by atoms with Crippen LogP contribution in [0.5, 0.6) is 0 Å². The first kappa shape index (κ1) is 15.7. The summed E-state index contributed by atoms with van der Waals surface area (Å²) in [6.45, 7) is 7.19. The average Bonchev–Trinajstić information content (AvgIpc) is 2.70. The van der Waals surface area contributed by atoms with Gasteiger partial charge in [-0.2, -0.15) is 0 Å². The normalized spacial score (nSPS) is 14.3. The summed E-state index contributed by atoms with van der Waals surface area (Å²) in [5.41, 5.74) is 5.36. The molecule has 102 valence electrons. The van der Waals surface area contributed by atoms with E-state index in [0.29, 0.717) is 13.1 Å². The van der Waals surface area contributed by atoms with Crippen LogP contribution in [-0.4, -0.2) is 22.9 Å². The van der Waals surface area contributed by atoms with E-state index in [1.807, 2.05) is 37.8 Å². The number of amides is 1. The van der Waals surface area contributed by atoms with Crippen molar-refractivity contribution in [2.45, 2.75) is 45.7 Å². The van der Waals surface area contributed by atoms with Gasteiger partial charge in [-0.25, -0.2) is 0 Å². The lowest BCUT2D eigenvalue weighted by Gasteiger charge is -2.30. The average molecular weight is 333 g/mol. The number of hydrogen-bond donors (Lipinski definition) is 1. The Kier molecular flexibility index (Phi) is 5.82. The van der Waals surface area contributed by atoms with Gasteiger partial charge in [-0.05, 0) is 48.3 Å². The van der Waals surface area contributed by atoms with Crippen LogP contribution in [0.25, 0.3) is 0 Å². The maximum absolute atomic E-state index is 12.4. The SMILES string of the molecule is CCCC(C)(N)C(=O)N(CC)Cc1ccc(Br)s1. The van der Waals surface area contributed by atoms with Gasteiger partial charge >= 0.3 is 0 Å². The zero-order valence-corrected chi connectivity index (χ0v) is 13.6. The van der Waals surface area contributed by atoms with Crippen LogP contribution in [0.15, 0.2) is 15.9 Å².